The number of hydrogen-bond acceptors (Lipinski definition) is 6. The molecule has 1 heterocycles. The van der Waals surface area contributed by atoms with Gasteiger partial charge in [-0.05, 0) is 74.4 Å². The largest absolute Gasteiger partial charge is 0.487 e. The van der Waals surface area contributed by atoms with E-state index in [4.69, 9.17) is 21.1 Å². The van der Waals surface area contributed by atoms with Crippen molar-refractivity contribution in [2.24, 2.45) is 0 Å². The Morgan fingerprint density at radius 2 is 1.92 bits per heavy atom. The zero-order valence-electron chi connectivity index (χ0n) is 21.3. The molecule has 0 radical (unpaired) electrons. The van der Waals surface area contributed by atoms with Gasteiger partial charge in [0.05, 0.1) is 10.5 Å². The molecule has 4 rings (SSSR count). The van der Waals surface area contributed by atoms with E-state index in [1.807, 2.05) is 57.2 Å². The van der Waals surface area contributed by atoms with Crippen LogP contribution in [0.5, 0.6) is 5.75 Å². The third-order valence-electron chi connectivity index (χ3n) is 5.21. The Bertz CT molecular complexity index is 1470. The molecule has 7 nitrogen and oxygen atoms in total. The number of nitrogens with one attached hydrogen (secondary N) is 2. The number of benzene rings is 3. The van der Waals surface area contributed by atoms with E-state index in [-0.39, 0.29) is 12.4 Å². The van der Waals surface area contributed by atoms with Gasteiger partial charge < -0.3 is 20.1 Å². The number of nitrogens with zero attached hydrogens (tertiary/aromatic N) is 2. The summed E-state index contributed by atoms with van der Waals surface area (Å²) in [6.45, 7) is 5.98. The van der Waals surface area contributed by atoms with Crippen molar-refractivity contribution in [1.29, 1.82) is 0 Å². The number of carbonyl (C=O) groups excluding carboxylic acids is 1. The standard InChI is InChI=1S/C29H28ClFN4O3/c1-29(2,3)38-28(36)32-13-5-7-19-9-11-25-23(15-19)27(34-18-33-25)35-22-10-12-26(24(30)16-22)37-17-20-6-4-8-21(31)14-20/h4-12,14-16,18H,13,17H2,1-3H3,(H,32,36)(H,33,34,35). The first-order chi connectivity index (χ1) is 18.2. The first-order valence-corrected chi connectivity index (χ1v) is 12.4. The summed E-state index contributed by atoms with van der Waals surface area (Å²) >= 11 is 6.45. The number of carbonyl (C=O) groups is 1. The van der Waals surface area contributed by atoms with Gasteiger partial charge in [-0.15, -0.1) is 0 Å². The van der Waals surface area contributed by atoms with Gasteiger partial charge in [-0.1, -0.05) is 42.0 Å². The number of ether oxygens (including phenoxy) is 2. The average Bonchev–Trinajstić information content (AvgIpc) is 2.85. The van der Waals surface area contributed by atoms with E-state index >= 15 is 0 Å². The SMILES string of the molecule is CC(C)(C)OC(=O)NCC=Cc1ccc2ncnc(Nc3ccc(OCc4cccc(F)c4)c(Cl)c3)c2c1. The molecule has 1 amide bonds. The van der Waals surface area contributed by atoms with Crippen LogP contribution in [-0.4, -0.2) is 28.2 Å². The maximum absolute atomic E-state index is 13.4. The van der Waals surface area contributed by atoms with Crippen LogP contribution in [-0.2, 0) is 11.3 Å². The molecule has 0 aliphatic heterocycles. The molecule has 0 unspecified atom stereocenters. The predicted octanol–water partition coefficient (Wildman–Crippen LogP) is 7.28. The highest BCUT2D eigenvalue weighted by atomic mass is 35.5. The number of halogens is 2. The predicted molar refractivity (Wildman–Crippen MR) is 148 cm³/mol. The molecule has 0 aliphatic rings. The molecular weight excluding hydrogens is 507 g/mol. The van der Waals surface area contributed by atoms with Gasteiger partial charge in [-0.2, -0.15) is 0 Å². The van der Waals surface area contributed by atoms with Crippen LogP contribution >= 0.6 is 11.6 Å². The number of fused-ring (bicyclic) bond motifs is 1. The molecule has 9 heteroatoms. The van der Waals surface area contributed by atoms with Gasteiger partial charge in [0.25, 0.3) is 0 Å². The molecular formula is C29H28ClFN4O3. The Morgan fingerprint density at radius 1 is 1.08 bits per heavy atom. The van der Waals surface area contributed by atoms with Crippen LogP contribution in [0.3, 0.4) is 0 Å². The van der Waals surface area contributed by atoms with Crippen molar-refractivity contribution in [1.82, 2.24) is 15.3 Å². The van der Waals surface area contributed by atoms with E-state index in [1.165, 1.54) is 18.5 Å². The highest BCUT2D eigenvalue weighted by molar-refractivity contribution is 6.32. The van der Waals surface area contributed by atoms with Gasteiger partial charge in [0, 0.05) is 17.6 Å². The minimum Gasteiger partial charge on any atom is -0.487 e. The van der Waals surface area contributed by atoms with Crippen LogP contribution in [0.25, 0.3) is 17.0 Å². The lowest BCUT2D eigenvalue weighted by molar-refractivity contribution is 0.0534. The van der Waals surface area contributed by atoms with Crippen molar-refractivity contribution in [2.45, 2.75) is 33.0 Å². The van der Waals surface area contributed by atoms with E-state index < -0.39 is 11.7 Å². The van der Waals surface area contributed by atoms with Gasteiger partial charge in [-0.25, -0.2) is 19.2 Å². The first kappa shape index (κ1) is 26.9. The van der Waals surface area contributed by atoms with Crippen LogP contribution in [0.2, 0.25) is 5.02 Å². The van der Waals surface area contributed by atoms with Crippen molar-refractivity contribution in [3.05, 3.63) is 95.0 Å². The third-order valence-corrected chi connectivity index (χ3v) is 5.51. The van der Waals surface area contributed by atoms with Crippen molar-refractivity contribution < 1.29 is 18.7 Å². The van der Waals surface area contributed by atoms with Crippen molar-refractivity contribution in [3.8, 4) is 5.75 Å². The zero-order chi connectivity index (χ0) is 27.1. The summed E-state index contributed by atoms with van der Waals surface area (Å²) in [5, 5.41) is 7.21. The summed E-state index contributed by atoms with van der Waals surface area (Å²) in [4.78, 5) is 20.6. The minimum atomic E-state index is -0.546. The number of rotatable bonds is 8. The fraction of sp³-hybridized carbons (Fsp3) is 0.207. The second-order valence-corrected chi connectivity index (χ2v) is 9.88. The molecule has 1 aromatic heterocycles. The van der Waals surface area contributed by atoms with Gasteiger partial charge in [0.15, 0.2) is 0 Å². The molecule has 4 aromatic rings. The van der Waals surface area contributed by atoms with Crippen LogP contribution in [0.1, 0.15) is 31.9 Å². The smallest absolute Gasteiger partial charge is 0.407 e. The molecule has 3 aromatic carbocycles. The number of alkyl carbamates (subject to hydrolysis) is 1. The Labute approximate surface area is 225 Å². The summed E-state index contributed by atoms with van der Waals surface area (Å²) in [6, 6.07) is 17.3. The Kier molecular flexibility index (Phi) is 8.43. The number of anilines is 2. The quantitative estimate of drug-likeness (QED) is 0.247. The molecule has 0 bridgehead atoms. The summed E-state index contributed by atoms with van der Waals surface area (Å²) in [5.41, 5.74) is 2.57. The molecule has 2 N–H and O–H groups in total. The molecule has 0 spiro atoms. The van der Waals surface area contributed by atoms with Crippen molar-refractivity contribution >= 4 is 46.2 Å². The molecule has 0 saturated carbocycles. The maximum atomic E-state index is 13.4. The van der Waals surface area contributed by atoms with E-state index in [0.29, 0.717) is 28.7 Å². The molecule has 0 fully saturated rings. The third kappa shape index (κ3) is 7.66. The molecule has 0 saturated heterocycles. The van der Waals surface area contributed by atoms with Gasteiger partial charge in [-0.3, -0.25) is 0 Å². The number of amides is 1. The van der Waals surface area contributed by atoms with Crippen LogP contribution in [0.4, 0.5) is 20.7 Å². The van der Waals surface area contributed by atoms with Crippen molar-refractivity contribution in [3.63, 3.8) is 0 Å². The molecule has 196 valence electrons. The van der Waals surface area contributed by atoms with Crippen LogP contribution in [0, 0.1) is 5.82 Å². The number of hydrogen-bond donors (Lipinski definition) is 2. The van der Waals surface area contributed by atoms with Gasteiger partial charge in [0.1, 0.15) is 35.9 Å². The second-order valence-electron chi connectivity index (χ2n) is 9.47. The lowest BCUT2D eigenvalue weighted by atomic mass is 10.1. The second kappa shape index (κ2) is 11.9. The topological polar surface area (TPSA) is 85.4 Å². The summed E-state index contributed by atoms with van der Waals surface area (Å²) < 4.78 is 24.4. The molecule has 38 heavy (non-hydrogen) atoms. The van der Waals surface area contributed by atoms with Crippen molar-refractivity contribution in [2.75, 3.05) is 11.9 Å². The first-order valence-electron chi connectivity index (χ1n) is 12.0. The van der Waals surface area contributed by atoms with E-state index in [9.17, 15) is 9.18 Å². The van der Waals surface area contributed by atoms with E-state index in [0.717, 1.165) is 22.2 Å². The minimum absolute atomic E-state index is 0.199. The molecule has 0 atom stereocenters. The highest BCUT2D eigenvalue weighted by Gasteiger charge is 2.15. The van der Waals surface area contributed by atoms with Crippen LogP contribution < -0.4 is 15.4 Å². The fourth-order valence-corrected chi connectivity index (χ4v) is 3.78. The zero-order valence-corrected chi connectivity index (χ0v) is 22.1. The fourth-order valence-electron chi connectivity index (χ4n) is 3.55. The van der Waals surface area contributed by atoms with Gasteiger partial charge in [0.2, 0.25) is 0 Å². The lowest BCUT2D eigenvalue weighted by Gasteiger charge is -2.19. The van der Waals surface area contributed by atoms with E-state index in [1.54, 1.807) is 24.3 Å². The molecule has 0 aliphatic carbocycles. The summed E-state index contributed by atoms with van der Waals surface area (Å²) in [5.74, 6) is 0.785. The van der Waals surface area contributed by atoms with E-state index in [2.05, 4.69) is 20.6 Å². The maximum Gasteiger partial charge on any atom is 0.407 e. The lowest BCUT2D eigenvalue weighted by Crippen LogP contribution is -2.32. The Morgan fingerprint density at radius 3 is 2.68 bits per heavy atom. The van der Waals surface area contributed by atoms with Crippen LogP contribution in [0.15, 0.2) is 73.1 Å². The summed E-state index contributed by atoms with van der Waals surface area (Å²) in [6.07, 6.45) is 4.76. The number of aromatic nitrogens is 2. The average molecular weight is 535 g/mol. The summed E-state index contributed by atoms with van der Waals surface area (Å²) in [7, 11) is 0. The Hall–Kier alpha value is -4.17. The Balaban J connectivity index is 1.43. The highest BCUT2D eigenvalue weighted by Crippen LogP contribution is 2.31. The normalized spacial score (nSPS) is 11.5. The van der Waals surface area contributed by atoms with Gasteiger partial charge >= 0.3 is 6.09 Å². The monoisotopic (exact) mass is 534 g/mol.